The monoisotopic (exact) mass is 498 g/mol. The van der Waals surface area contributed by atoms with E-state index in [1.165, 1.54) is 6.07 Å². The minimum atomic E-state index is -4.59. The molecule has 0 spiro atoms. The highest BCUT2D eigenvalue weighted by Gasteiger charge is 2.32. The molecule has 0 saturated carbocycles. The second-order valence-electron chi connectivity index (χ2n) is 7.98. The maximum Gasteiger partial charge on any atom is 0.416 e. The summed E-state index contributed by atoms with van der Waals surface area (Å²) in [5, 5.41) is 4.80. The summed E-state index contributed by atoms with van der Waals surface area (Å²) in [6.07, 6.45) is -4.59. The number of nitrogens with zero attached hydrogens (tertiary/aromatic N) is 4. The van der Waals surface area contributed by atoms with Crippen LogP contribution in [-0.4, -0.2) is 31.4 Å². The van der Waals surface area contributed by atoms with Crippen LogP contribution in [0.4, 0.5) is 24.5 Å². The lowest BCUT2D eigenvalue weighted by molar-refractivity contribution is -0.137. The number of benzene rings is 3. The molecule has 0 aromatic heterocycles. The summed E-state index contributed by atoms with van der Waals surface area (Å²) in [6, 6.07) is 15.5. The standard InChI is InChI=1S/C24H18ClF3N6O/c1-33(22-18-8-6-15(25)11-20(18)34-12-30-32-23(34)31-22)16-4-2-3-13(9-16)17-7-5-14(24(26,27)28)10-19(17)21(29)35/h2-11,30H,12H2,1H3,(H2,29,35). The number of hydrazone groups is 1. The van der Waals surface area contributed by atoms with Gasteiger partial charge in [0, 0.05) is 28.9 Å². The van der Waals surface area contributed by atoms with E-state index in [9.17, 15) is 18.0 Å². The van der Waals surface area contributed by atoms with Crippen molar-refractivity contribution in [3.8, 4) is 11.1 Å². The molecule has 35 heavy (non-hydrogen) atoms. The summed E-state index contributed by atoms with van der Waals surface area (Å²) in [5.74, 6) is 0.144. The van der Waals surface area contributed by atoms with Crippen molar-refractivity contribution < 1.29 is 18.0 Å². The molecular weight excluding hydrogens is 481 g/mol. The van der Waals surface area contributed by atoms with E-state index in [0.29, 0.717) is 40.3 Å². The number of amides is 1. The number of nitrogens with one attached hydrogen (secondary N) is 1. The Kier molecular flexibility index (Phi) is 5.40. The fourth-order valence-electron chi connectivity index (χ4n) is 4.09. The second-order valence-corrected chi connectivity index (χ2v) is 8.42. The zero-order valence-electron chi connectivity index (χ0n) is 18.3. The lowest BCUT2D eigenvalue weighted by Gasteiger charge is -2.30. The van der Waals surface area contributed by atoms with Crippen LogP contribution in [0.15, 0.2) is 70.8 Å². The number of carbonyl (C=O) groups excluding carboxylic acids is 1. The molecule has 0 atom stereocenters. The molecule has 0 fully saturated rings. The number of rotatable bonds is 3. The van der Waals surface area contributed by atoms with Gasteiger partial charge < -0.3 is 10.6 Å². The van der Waals surface area contributed by atoms with Gasteiger partial charge in [-0.15, -0.1) is 5.10 Å². The van der Waals surface area contributed by atoms with E-state index >= 15 is 0 Å². The van der Waals surface area contributed by atoms with Gasteiger partial charge in [-0.2, -0.15) is 18.2 Å². The van der Waals surface area contributed by atoms with E-state index in [1.54, 1.807) is 24.3 Å². The zero-order valence-corrected chi connectivity index (χ0v) is 19.0. The second kappa shape index (κ2) is 8.31. The highest BCUT2D eigenvalue weighted by atomic mass is 35.5. The predicted octanol–water partition coefficient (Wildman–Crippen LogP) is 4.66. The van der Waals surface area contributed by atoms with Gasteiger partial charge in [0.05, 0.1) is 11.3 Å². The predicted molar refractivity (Wildman–Crippen MR) is 130 cm³/mol. The van der Waals surface area contributed by atoms with Crippen molar-refractivity contribution >= 4 is 40.7 Å². The van der Waals surface area contributed by atoms with Crippen molar-refractivity contribution in [2.45, 2.75) is 6.18 Å². The number of guanidine groups is 1. The van der Waals surface area contributed by atoms with E-state index in [2.05, 4.69) is 10.5 Å². The summed E-state index contributed by atoms with van der Waals surface area (Å²) >= 11 is 6.23. The molecule has 11 heteroatoms. The molecule has 0 aliphatic carbocycles. The third-order valence-electron chi connectivity index (χ3n) is 5.82. The van der Waals surface area contributed by atoms with Gasteiger partial charge in [-0.1, -0.05) is 29.8 Å². The topological polar surface area (TPSA) is 86.3 Å². The lowest BCUT2D eigenvalue weighted by atomic mass is 9.96. The number of fused-ring (bicyclic) bond motifs is 3. The van der Waals surface area contributed by atoms with Gasteiger partial charge in [0.1, 0.15) is 12.5 Å². The van der Waals surface area contributed by atoms with E-state index in [0.717, 1.165) is 23.4 Å². The van der Waals surface area contributed by atoms with Crippen molar-refractivity contribution in [3.63, 3.8) is 0 Å². The van der Waals surface area contributed by atoms with Gasteiger partial charge in [-0.05, 0) is 53.6 Å². The third kappa shape index (κ3) is 4.06. The number of halogens is 4. The average Bonchev–Trinajstić information content (AvgIpc) is 3.31. The van der Waals surface area contributed by atoms with Crippen molar-refractivity contribution in [1.29, 1.82) is 0 Å². The van der Waals surface area contributed by atoms with E-state index in [4.69, 9.17) is 22.3 Å². The fourth-order valence-corrected chi connectivity index (χ4v) is 4.26. The van der Waals surface area contributed by atoms with Crippen LogP contribution in [0.2, 0.25) is 5.02 Å². The molecule has 2 heterocycles. The number of aliphatic imine (C=N–C) groups is 1. The first-order chi connectivity index (χ1) is 16.6. The van der Waals surface area contributed by atoms with Crippen LogP contribution in [0.5, 0.6) is 0 Å². The quantitative estimate of drug-likeness (QED) is 0.550. The Labute approximate surface area is 203 Å². The number of nitrogens with two attached hydrogens (primary N) is 1. The number of amidine groups is 1. The van der Waals surface area contributed by atoms with Crippen LogP contribution in [0.3, 0.4) is 0 Å². The summed E-state index contributed by atoms with van der Waals surface area (Å²) in [5.41, 5.74) is 10.4. The number of hydrogen-bond donors (Lipinski definition) is 2. The van der Waals surface area contributed by atoms with Crippen molar-refractivity contribution in [2.24, 2.45) is 15.8 Å². The number of carbonyl (C=O) groups is 1. The van der Waals surface area contributed by atoms with Crippen molar-refractivity contribution in [1.82, 2.24) is 5.43 Å². The molecule has 7 nitrogen and oxygen atoms in total. The smallest absolute Gasteiger partial charge is 0.366 e. The molecular formula is C24H18ClF3N6O. The highest BCUT2D eigenvalue weighted by molar-refractivity contribution is 6.32. The van der Waals surface area contributed by atoms with Gasteiger partial charge in [0.2, 0.25) is 5.91 Å². The Morgan fingerprint density at radius 2 is 1.89 bits per heavy atom. The number of hydrogen-bond acceptors (Lipinski definition) is 6. The first kappa shape index (κ1) is 22.7. The highest BCUT2D eigenvalue weighted by Crippen LogP contribution is 2.36. The largest absolute Gasteiger partial charge is 0.416 e. The van der Waals surface area contributed by atoms with Gasteiger partial charge in [-0.25, -0.2) is 0 Å². The molecule has 2 aliphatic rings. The summed E-state index contributed by atoms with van der Waals surface area (Å²) in [4.78, 5) is 20.4. The van der Waals surface area contributed by atoms with E-state index in [-0.39, 0.29) is 5.56 Å². The Hall–Kier alpha value is -4.05. The summed E-state index contributed by atoms with van der Waals surface area (Å²) < 4.78 is 39.5. The SMILES string of the molecule is CN(C1=NC2=NNCN2c2cc(Cl)ccc21)c1cccc(-c2ccc(C(F)(F)F)cc2C(N)=O)c1. The van der Waals surface area contributed by atoms with Gasteiger partial charge in [-0.3, -0.25) is 15.1 Å². The molecule has 2 aliphatic heterocycles. The molecule has 3 aromatic rings. The average molecular weight is 499 g/mol. The minimum absolute atomic E-state index is 0.211. The Balaban J connectivity index is 1.57. The summed E-state index contributed by atoms with van der Waals surface area (Å²) in [6.45, 7) is 0.461. The first-order valence-corrected chi connectivity index (χ1v) is 10.8. The molecule has 5 rings (SSSR count). The first-order valence-electron chi connectivity index (χ1n) is 10.5. The fraction of sp³-hybridized carbons (Fsp3) is 0.125. The zero-order chi connectivity index (χ0) is 24.9. The molecule has 0 unspecified atom stereocenters. The van der Waals surface area contributed by atoms with Crippen LogP contribution in [0.1, 0.15) is 21.5 Å². The normalized spacial score (nSPS) is 14.5. The number of alkyl halides is 3. The van der Waals surface area contributed by atoms with Crippen molar-refractivity contribution in [2.75, 3.05) is 23.5 Å². The van der Waals surface area contributed by atoms with Gasteiger partial charge in [0.25, 0.3) is 5.96 Å². The number of anilines is 2. The Morgan fingerprint density at radius 1 is 1.11 bits per heavy atom. The van der Waals surface area contributed by atoms with E-state index in [1.807, 2.05) is 35.0 Å². The Morgan fingerprint density at radius 3 is 2.63 bits per heavy atom. The molecule has 3 N–H and O–H groups in total. The van der Waals surface area contributed by atoms with Gasteiger partial charge >= 0.3 is 6.18 Å². The van der Waals surface area contributed by atoms with Crippen LogP contribution in [0.25, 0.3) is 11.1 Å². The molecule has 3 aromatic carbocycles. The van der Waals surface area contributed by atoms with Crippen molar-refractivity contribution in [3.05, 3.63) is 82.4 Å². The Bertz CT molecular complexity index is 1420. The molecule has 178 valence electrons. The maximum absolute atomic E-state index is 13.2. The maximum atomic E-state index is 13.2. The number of primary amides is 1. The molecule has 1 amide bonds. The van der Waals surface area contributed by atoms with Crippen LogP contribution >= 0.6 is 11.6 Å². The van der Waals surface area contributed by atoms with Gasteiger partial charge in [0.15, 0.2) is 0 Å². The lowest BCUT2D eigenvalue weighted by Crippen LogP contribution is -2.39. The van der Waals surface area contributed by atoms with E-state index < -0.39 is 17.6 Å². The van der Waals surface area contributed by atoms with Crippen LogP contribution < -0.4 is 21.0 Å². The molecule has 0 bridgehead atoms. The summed E-state index contributed by atoms with van der Waals surface area (Å²) in [7, 11) is 1.82. The van der Waals surface area contributed by atoms with Crippen LogP contribution in [-0.2, 0) is 6.18 Å². The third-order valence-corrected chi connectivity index (χ3v) is 6.06. The minimum Gasteiger partial charge on any atom is -0.366 e. The van der Waals surface area contributed by atoms with Crippen LogP contribution in [0, 0.1) is 0 Å². The molecule has 0 saturated heterocycles. The molecule has 0 radical (unpaired) electrons.